The van der Waals surface area contributed by atoms with Crippen molar-refractivity contribution in [2.45, 2.75) is 40.7 Å². The minimum atomic E-state index is -0.442. The monoisotopic (exact) mass is 357 g/mol. The van der Waals surface area contributed by atoms with Crippen molar-refractivity contribution in [1.82, 2.24) is 10.4 Å². The van der Waals surface area contributed by atoms with Crippen LogP contribution in [0.4, 0.5) is 5.69 Å². The van der Waals surface area contributed by atoms with Crippen LogP contribution in [0.15, 0.2) is 23.2 Å². The van der Waals surface area contributed by atoms with E-state index in [0.29, 0.717) is 4.88 Å². The fourth-order valence-electron chi connectivity index (χ4n) is 3.34. The van der Waals surface area contributed by atoms with Gasteiger partial charge in [0.05, 0.1) is 17.1 Å². The van der Waals surface area contributed by atoms with E-state index in [-0.39, 0.29) is 0 Å². The molecule has 0 fully saturated rings. The first-order valence-corrected chi connectivity index (χ1v) is 9.14. The fraction of sp³-hybridized carbons (Fsp3) is 0.368. The molecule has 5 nitrogen and oxygen atoms in total. The molecule has 132 valence electrons. The van der Waals surface area contributed by atoms with Crippen molar-refractivity contribution in [3.8, 4) is 0 Å². The average molecular weight is 357 g/mol. The molecule has 1 aromatic carbocycles. The maximum Gasteiger partial charge on any atom is 0.284 e. The van der Waals surface area contributed by atoms with E-state index in [0.717, 1.165) is 35.9 Å². The number of nitrogens with zero attached hydrogens (tertiary/aromatic N) is 2. The first kappa shape index (κ1) is 17.6. The van der Waals surface area contributed by atoms with Gasteiger partial charge < -0.3 is 4.90 Å². The summed E-state index contributed by atoms with van der Waals surface area (Å²) in [5, 5.41) is 8.80. The van der Waals surface area contributed by atoms with E-state index in [9.17, 15) is 4.79 Å². The Morgan fingerprint density at radius 3 is 2.56 bits per heavy atom. The largest absolute Gasteiger partial charge is 0.355 e. The topological polar surface area (TPSA) is 64.9 Å². The van der Waals surface area contributed by atoms with Gasteiger partial charge in [-0.25, -0.2) is 10.5 Å². The van der Waals surface area contributed by atoms with E-state index in [1.54, 1.807) is 5.48 Å². The van der Waals surface area contributed by atoms with Crippen molar-refractivity contribution in [2.24, 2.45) is 4.99 Å². The number of carbonyl (C=O) groups excluding carboxylic acids is 1. The third kappa shape index (κ3) is 3.60. The van der Waals surface area contributed by atoms with Gasteiger partial charge in [0.25, 0.3) is 5.91 Å². The molecule has 6 heteroatoms. The summed E-state index contributed by atoms with van der Waals surface area (Å²) in [7, 11) is 0. The van der Waals surface area contributed by atoms with E-state index in [4.69, 9.17) is 10.2 Å². The van der Waals surface area contributed by atoms with Gasteiger partial charge in [0, 0.05) is 11.4 Å². The van der Waals surface area contributed by atoms with Crippen molar-refractivity contribution in [3.63, 3.8) is 0 Å². The lowest BCUT2D eigenvalue weighted by Gasteiger charge is -2.28. The van der Waals surface area contributed by atoms with Gasteiger partial charge in [-0.1, -0.05) is 17.7 Å². The van der Waals surface area contributed by atoms with Gasteiger partial charge in [0.1, 0.15) is 5.84 Å². The number of hydrogen-bond acceptors (Lipinski definition) is 4. The Kier molecular flexibility index (Phi) is 4.92. The van der Waals surface area contributed by atoms with E-state index >= 15 is 0 Å². The van der Waals surface area contributed by atoms with Crippen LogP contribution < -0.4 is 5.48 Å². The van der Waals surface area contributed by atoms with Crippen molar-refractivity contribution >= 4 is 28.8 Å². The number of fused-ring (bicyclic) bond motifs is 1. The van der Waals surface area contributed by atoms with E-state index in [1.165, 1.54) is 33.6 Å². The predicted molar refractivity (Wildman–Crippen MR) is 101 cm³/mol. The normalized spacial score (nSPS) is 14.4. The Morgan fingerprint density at radius 2 is 1.92 bits per heavy atom. The van der Waals surface area contributed by atoms with Gasteiger partial charge in [-0.3, -0.25) is 10.0 Å². The summed E-state index contributed by atoms with van der Waals surface area (Å²) in [5.41, 5.74) is 7.57. The molecule has 2 heterocycles. The lowest BCUT2D eigenvalue weighted by molar-refractivity contribution is 0.0711. The van der Waals surface area contributed by atoms with E-state index in [2.05, 4.69) is 37.8 Å². The molecule has 0 saturated carbocycles. The Bertz CT molecular complexity index is 831. The van der Waals surface area contributed by atoms with E-state index in [1.807, 2.05) is 13.0 Å². The minimum absolute atomic E-state index is 0.442. The molecular formula is C19H23N3O2S. The Morgan fingerprint density at radius 1 is 1.24 bits per heavy atom. The Balaban J connectivity index is 1.84. The van der Waals surface area contributed by atoms with Crippen LogP contribution in [-0.2, 0) is 13.0 Å². The highest BCUT2D eigenvalue weighted by atomic mass is 32.1. The third-order valence-electron chi connectivity index (χ3n) is 4.57. The standard InChI is InChI=1S/C19H23N3O2S/c1-11-7-12(2)18(13(3)8-11)20-14(4)22-6-5-15-9-16(19(23)21-24)25-17(15)10-22/h7-9,24H,5-6,10H2,1-4H3,(H,21,23). The first-order chi connectivity index (χ1) is 11.9. The minimum Gasteiger partial charge on any atom is -0.355 e. The zero-order valence-electron chi connectivity index (χ0n) is 15.0. The average Bonchev–Trinajstić information content (AvgIpc) is 3.00. The number of rotatable bonds is 2. The highest BCUT2D eigenvalue weighted by Crippen LogP contribution is 2.30. The summed E-state index contributed by atoms with van der Waals surface area (Å²) in [6.45, 7) is 9.96. The molecule has 3 rings (SSSR count). The lowest BCUT2D eigenvalue weighted by Crippen LogP contribution is -2.33. The van der Waals surface area contributed by atoms with Crippen LogP contribution >= 0.6 is 11.3 Å². The number of aliphatic imine (C=N–C) groups is 1. The first-order valence-electron chi connectivity index (χ1n) is 8.33. The number of amides is 1. The molecule has 0 bridgehead atoms. The van der Waals surface area contributed by atoms with Gasteiger partial charge >= 0.3 is 0 Å². The maximum absolute atomic E-state index is 11.6. The van der Waals surface area contributed by atoms with Crippen LogP contribution in [-0.4, -0.2) is 28.4 Å². The van der Waals surface area contributed by atoms with Crippen LogP contribution in [0, 0.1) is 20.8 Å². The molecule has 0 spiro atoms. The molecule has 0 atom stereocenters. The molecule has 0 radical (unpaired) electrons. The molecule has 1 aromatic heterocycles. The summed E-state index contributed by atoms with van der Waals surface area (Å²) in [4.78, 5) is 20.4. The molecule has 1 aliphatic rings. The molecule has 1 amide bonds. The molecule has 25 heavy (non-hydrogen) atoms. The zero-order valence-corrected chi connectivity index (χ0v) is 15.8. The zero-order chi connectivity index (χ0) is 18.1. The number of hydroxylamine groups is 1. The van der Waals surface area contributed by atoms with Crippen LogP contribution in [0.1, 0.15) is 43.7 Å². The van der Waals surface area contributed by atoms with Gasteiger partial charge in [-0.05, 0) is 56.9 Å². The fourth-order valence-corrected chi connectivity index (χ4v) is 4.46. The van der Waals surface area contributed by atoms with Gasteiger partial charge in [0.15, 0.2) is 0 Å². The summed E-state index contributed by atoms with van der Waals surface area (Å²) in [6, 6.07) is 6.20. The molecule has 0 aliphatic carbocycles. The summed E-state index contributed by atoms with van der Waals surface area (Å²) in [5.74, 6) is 0.546. The van der Waals surface area contributed by atoms with Crippen LogP contribution in [0.5, 0.6) is 0 Å². The molecule has 2 aromatic rings. The van der Waals surface area contributed by atoms with Crippen molar-refractivity contribution < 1.29 is 10.0 Å². The second-order valence-corrected chi connectivity index (χ2v) is 7.71. The molecular weight excluding hydrogens is 334 g/mol. The summed E-state index contributed by atoms with van der Waals surface area (Å²) in [6.07, 6.45) is 0.878. The smallest absolute Gasteiger partial charge is 0.284 e. The number of nitrogens with one attached hydrogen (secondary N) is 1. The Labute approximate surface area is 152 Å². The van der Waals surface area contributed by atoms with Crippen molar-refractivity contribution in [1.29, 1.82) is 0 Å². The van der Waals surface area contributed by atoms with Gasteiger partial charge in [-0.15, -0.1) is 11.3 Å². The molecule has 0 saturated heterocycles. The SMILES string of the molecule is CC(=Nc1c(C)cc(C)cc1C)N1CCc2cc(C(=O)NO)sc2C1. The number of amidine groups is 1. The second-order valence-electron chi connectivity index (χ2n) is 6.58. The predicted octanol–water partition coefficient (Wildman–Crippen LogP) is 3.90. The molecule has 0 unspecified atom stereocenters. The van der Waals surface area contributed by atoms with Gasteiger partial charge in [-0.2, -0.15) is 0 Å². The van der Waals surface area contributed by atoms with E-state index < -0.39 is 5.91 Å². The van der Waals surface area contributed by atoms with Crippen LogP contribution in [0.25, 0.3) is 0 Å². The number of benzene rings is 1. The molecule has 2 N–H and O–H groups in total. The summed E-state index contributed by atoms with van der Waals surface area (Å²) < 4.78 is 0. The highest BCUT2D eigenvalue weighted by molar-refractivity contribution is 7.14. The highest BCUT2D eigenvalue weighted by Gasteiger charge is 2.22. The third-order valence-corrected chi connectivity index (χ3v) is 5.74. The number of thiophene rings is 1. The number of carbonyl (C=O) groups is 1. The van der Waals surface area contributed by atoms with Crippen LogP contribution in [0.3, 0.4) is 0 Å². The van der Waals surface area contributed by atoms with Crippen molar-refractivity contribution in [2.75, 3.05) is 6.54 Å². The lowest BCUT2D eigenvalue weighted by atomic mass is 10.1. The Hall–Kier alpha value is -2.18. The number of aryl methyl sites for hydroxylation is 3. The summed E-state index contributed by atoms with van der Waals surface area (Å²) >= 11 is 1.44. The number of hydrogen-bond donors (Lipinski definition) is 2. The van der Waals surface area contributed by atoms with Crippen molar-refractivity contribution in [3.05, 3.63) is 50.2 Å². The maximum atomic E-state index is 11.6. The quantitative estimate of drug-likeness (QED) is 0.371. The van der Waals surface area contributed by atoms with Crippen LogP contribution in [0.2, 0.25) is 0 Å². The molecule has 1 aliphatic heterocycles. The second kappa shape index (κ2) is 6.98. The van der Waals surface area contributed by atoms with Gasteiger partial charge in [0.2, 0.25) is 0 Å².